The van der Waals surface area contributed by atoms with Gasteiger partial charge in [-0.15, -0.1) is 0 Å². The molecule has 1 aromatic heterocycles. The normalized spacial score (nSPS) is 11.1. The fourth-order valence-electron chi connectivity index (χ4n) is 4.03. The monoisotopic (exact) mass is 496 g/mol. The molecule has 0 fully saturated rings. The Morgan fingerprint density at radius 2 is 1.89 bits per heavy atom. The first-order chi connectivity index (χ1) is 16.8. The molecule has 0 aliphatic carbocycles. The molecule has 0 aliphatic heterocycles. The average molecular weight is 497 g/mol. The molecule has 0 unspecified atom stereocenters. The van der Waals surface area contributed by atoms with Crippen molar-refractivity contribution >= 4 is 27.5 Å². The first-order valence-corrected chi connectivity index (χ1v) is 12.9. The number of nitrogens with zero attached hydrogens (tertiary/aromatic N) is 1. The number of aromatic nitrogens is 1. The summed E-state index contributed by atoms with van der Waals surface area (Å²) >= 11 is 1.12. The van der Waals surface area contributed by atoms with Gasteiger partial charge in [-0.3, -0.25) is 9.59 Å². The molecular weight excluding hydrogens is 460 g/mol. The number of H-pyrrole nitrogens is 1. The van der Waals surface area contributed by atoms with Crippen molar-refractivity contribution in [3.8, 4) is 5.75 Å². The highest BCUT2D eigenvalue weighted by Crippen LogP contribution is 2.27. The summed E-state index contributed by atoms with van der Waals surface area (Å²) < 4.78 is 0.797. The molecule has 1 heterocycles. The Bertz CT molecular complexity index is 1200. The minimum absolute atomic E-state index is 0.0914. The van der Waals surface area contributed by atoms with Crippen molar-refractivity contribution in [2.45, 2.75) is 33.1 Å². The van der Waals surface area contributed by atoms with Crippen LogP contribution < -0.4 is 15.5 Å². The summed E-state index contributed by atoms with van der Waals surface area (Å²) in [6.07, 6.45) is 2.13. The van der Waals surface area contributed by atoms with Gasteiger partial charge in [-0.25, -0.2) is 0 Å². The Kier molecular flexibility index (Phi) is 10.1. The number of aryl methyl sites for hydroxylation is 1. The third-order valence-corrected chi connectivity index (χ3v) is 6.73. The fraction of sp³-hybridized carbons (Fsp3) is 0.407. The number of thiazole rings is 1. The van der Waals surface area contributed by atoms with Gasteiger partial charge in [0.1, 0.15) is 11.3 Å². The number of phenols is 1. The maximum absolute atomic E-state index is 12.8. The van der Waals surface area contributed by atoms with Crippen molar-refractivity contribution in [3.05, 3.63) is 74.9 Å². The van der Waals surface area contributed by atoms with Crippen molar-refractivity contribution in [2.24, 2.45) is 0 Å². The molecule has 0 atom stereocenters. The number of fused-ring (bicyclic) bond motifs is 1. The summed E-state index contributed by atoms with van der Waals surface area (Å²) in [4.78, 5) is 28.8. The lowest BCUT2D eigenvalue weighted by atomic mass is 10.1. The number of carbonyl (C=O) groups excluding carboxylic acids is 1. The van der Waals surface area contributed by atoms with Crippen molar-refractivity contribution < 1.29 is 9.90 Å². The topological polar surface area (TPSA) is 97.5 Å². The Labute approximate surface area is 210 Å². The summed E-state index contributed by atoms with van der Waals surface area (Å²) in [6.45, 7) is 12.0. The molecule has 0 radical (unpaired) electrons. The molecule has 8 heteroatoms. The van der Waals surface area contributed by atoms with E-state index in [0.717, 1.165) is 46.6 Å². The van der Waals surface area contributed by atoms with Crippen LogP contribution >= 0.6 is 11.3 Å². The first kappa shape index (κ1) is 26.7. The zero-order valence-electron chi connectivity index (χ0n) is 20.7. The molecule has 4 N–H and O–H groups in total. The van der Waals surface area contributed by atoms with Gasteiger partial charge in [-0.1, -0.05) is 59.4 Å². The van der Waals surface area contributed by atoms with Gasteiger partial charge in [0.2, 0.25) is 5.91 Å². The number of rotatable bonds is 14. The van der Waals surface area contributed by atoms with Gasteiger partial charge in [0.15, 0.2) is 0 Å². The first-order valence-electron chi connectivity index (χ1n) is 12.1. The van der Waals surface area contributed by atoms with Crippen molar-refractivity contribution in [1.29, 1.82) is 0 Å². The average Bonchev–Trinajstić information content (AvgIpc) is 3.21. The Hall–Kier alpha value is -2.94. The van der Waals surface area contributed by atoms with Crippen LogP contribution in [0.25, 0.3) is 10.2 Å². The van der Waals surface area contributed by atoms with Crippen LogP contribution in [0.5, 0.6) is 5.75 Å². The van der Waals surface area contributed by atoms with Gasteiger partial charge in [0, 0.05) is 32.6 Å². The van der Waals surface area contributed by atoms with Crippen molar-refractivity contribution in [1.82, 2.24) is 20.5 Å². The lowest BCUT2D eigenvalue weighted by molar-refractivity contribution is -0.130. The van der Waals surface area contributed by atoms with Crippen LogP contribution in [0.2, 0.25) is 0 Å². The molecule has 7 nitrogen and oxygen atoms in total. The number of benzene rings is 2. The van der Waals surface area contributed by atoms with Crippen LogP contribution in [0.15, 0.2) is 53.3 Å². The SMILES string of the molecule is C=C(C)CN(CCNCCc1ccc(O)c2[nH]c(=O)sc12)C(=O)CCNCCc1cccc(C)c1. The lowest BCUT2D eigenvalue weighted by Crippen LogP contribution is -2.39. The molecule has 0 aliphatic rings. The van der Waals surface area contributed by atoms with Crippen LogP contribution in [-0.4, -0.2) is 60.2 Å². The number of hydrogen-bond acceptors (Lipinski definition) is 6. The second-order valence-corrected chi connectivity index (χ2v) is 9.96. The van der Waals surface area contributed by atoms with E-state index in [-0.39, 0.29) is 16.5 Å². The van der Waals surface area contributed by atoms with E-state index >= 15 is 0 Å². The zero-order chi connectivity index (χ0) is 25.2. The molecule has 3 aromatic rings. The maximum Gasteiger partial charge on any atom is 0.305 e. The smallest absolute Gasteiger partial charge is 0.305 e. The molecule has 188 valence electrons. The summed E-state index contributed by atoms with van der Waals surface area (Å²) in [7, 11) is 0. The van der Waals surface area contributed by atoms with E-state index in [4.69, 9.17) is 0 Å². The van der Waals surface area contributed by atoms with Crippen molar-refractivity contribution in [2.75, 3.05) is 39.3 Å². The van der Waals surface area contributed by atoms with Crippen LogP contribution in [0.3, 0.4) is 0 Å². The standard InChI is InChI=1S/C27H36N4O3S/c1-19(2)18-31(24(33)11-14-28-12-9-21-6-4-5-20(3)17-21)16-15-29-13-10-22-7-8-23(32)25-26(22)35-27(34)30-25/h4-8,17,28-29,32H,1,9-16,18H2,2-3H3,(H,30,34). The summed E-state index contributed by atoms with van der Waals surface area (Å²) in [6, 6.07) is 12.0. The van der Waals surface area contributed by atoms with E-state index in [0.29, 0.717) is 44.7 Å². The van der Waals surface area contributed by atoms with E-state index < -0.39 is 0 Å². The second-order valence-electron chi connectivity index (χ2n) is 8.97. The van der Waals surface area contributed by atoms with Crippen LogP contribution in [0, 0.1) is 6.92 Å². The highest BCUT2D eigenvalue weighted by atomic mass is 32.1. The van der Waals surface area contributed by atoms with Crippen LogP contribution in [0.4, 0.5) is 0 Å². The third kappa shape index (κ3) is 8.35. The number of aromatic hydroxyl groups is 1. The predicted molar refractivity (Wildman–Crippen MR) is 144 cm³/mol. The van der Waals surface area contributed by atoms with Gasteiger partial charge >= 0.3 is 4.87 Å². The molecule has 35 heavy (non-hydrogen) atoms. The Balaban J connectivity index is 1.39. The van der Waals surface area contributed by atoms with E-state index in [1.54, 1.807) is 6.07 Å². The van der Waals surface area contributed by atoms with Gasteiger partial charge in [-0.2, -0.15) is 0 Å². The van der Waals surface area contributed by atoms with Gasteiger partial charge in [0.05, 0.1) is 4.70 Å². The highest BCUT2D eigenvalue weighted by molar-refractivity contribution is 7.16. The molecule has 0 bridgehead atoms. The predicted octanol–water partition coefficient (Wildman–Crippen LogP) is 3.36. The number of carbonyl (C=O) groups is 1. The molecule has 0 saturated carbocycles. The summed E-state index contributed by atoms with van der Waals surface area (Å²) in [5, 5.41) is 16.7. The lowest BCUT2D eigenvalue weighted by Gasteiger charge is -2.23. The minimum atomic E-state index is -0.172. The van der Waals surface area contributed by atoms with E-state index in [9.17, 15) is 14.7 Å². The van der Waals surface area contributed by atoms with E-state index in [2.05, 4.69) is 53.4 Å². The highest BCUT2D eigenvalue weighted by Gasteiger charge is 2.13. The quantitative estimate of drug-likeness (QED) is 0.203. The number of nitrogens with one attached hydrogen (secondary N) is 3. The molecule has 1 amide bonds. The zero-order valence-corrected chi connectivity index (χ0v) is 21.5. The molecule has 0 spiro atoms. The van der Waals surface area contributed by atoms with Gasteiger partial charge < -0.3 is 25.6 Å². The Morgan fingerprint density at radius 1 is 1.11 bits per heavy atom. The molecule has 2 aromatic carbocycles. The fourth-order valence-corrected chi connectivity index (χ4v) is 4.93. The van der Waals surface area contributed by atoms with Crippen LogP contribution in [-0.2, 0) is 17.6 Å². The van der Waals surface area contributed by atoms with Crippen LogP contribution in [0.1, 0.15) is 30.0 Å². The number of aromatic amines is 1. The summed E-state index contributed by atoms with van der Waals surface area (Å²) in [5.74, 6) is 0.212. The Morgan fingerprint density at radius 3 is 2.66 bits per heavy atom. The minimum Gasteiger partial charge on any atom is -0.506 e. The van der Waals surface area contributed by atoms with Gasteiger partial charge in [0.25, 0.3) is 0 Å². The van der Waals surface area contributed by atoms with Gasteiger partial charge in [-0.05, 0) is 57.0 Å². The maximum atomic E-state index is 12.8. The number of phenolic OH excluding ortho intramolecular Hbond substituents is 1. The number of amides is 1. The summed E-state index contributed by atoms with van der Waals surface area (Å²) in [5.41, 5.74) is 5.04. The molecular formula is C27H36N4O3S. The van der Waals surface area contributed by atoms with E-state index in [1.807, 2.05) is 17.9 Å². The largest absolute Gasteiger partial charge is 0.506 e. The number of hydrogen-bond donors (Lipinski definition) is 4. The van der Waals surface area contributed by atoms with Crippen molar-refractivity contribution in [3.63, 3.8) is 0 Å². The molecule has 0 saturated heterocycles. The molecule has 3 rings (SSSR count). The third-order valence-electron chi connectivity index (χ3n) is 5.77. The second kappa shape index (κ2) is 13.2. The van der Waals surface area contributed by atoms with E-state index in [1.165, 1.54) is 11.1 Å².